The smallest absolute Gasteiger partial charge is 0.273 e. The van der Waals surface area contributed by atoms with Gasteiger partial charge in [-0.15, -0.1) is 6.58 Å². The molecule has 4 rings (SSSR count). The Morgan fingerprint density at radius 1 is 1.39 bits per heavy atom. The lowest BCUT2D eigenvalue weighted by Gasteiger charge is -2.25. The second-order valence-electron chi connectivity index (χ2n) is 6.65. The zero-order chi connectivity index (χ0) is 20.0. The fraction of sp³-hybridized carbons (Fsp3) is 0.143. The van der Waals surface area contributed by atoms with Crippen molar-refractivity contribution in [2.24, 2.45) is 0 Å². The molecule has 142 valence electrons. The zero-order valence-electron chi connectivity index (χ0n) is 15.0. The summed E-state index contributed by atoms with van der Waals surface area (Å²) in [6.45, 7) is 5.71. The molecule has 2 aromatic carbocycles. The van der Waals surface area contributed by atoms with E-state index in [1.165, 1.54) is 17.0 Å². The molecule has 1 amide bonds. The van der Waals surface area contributed by atoms with Gasteiger partial charge in [-0.3, -0.25) is 9.89 Å². The van der Waals surface area contributed by atoms with Crippen LogP contribution in [-0.2, 0) is 0 Å². The number of phenols is 1. The lowest BCUT2D eigenvalue weighted by atomic mass is 9.95. The lowest BCUT2D eigenvalue weighted by molar-refractivity contribution is 0.0763. The van der Waals surface area contributed by atoms with Crippen LogP contribution >= 0.6 is 11.6 Å². The number of rotatable bonds is 4. The first kappa shape index (κ1) is 18.3. The van der Waals surface area contributed by atoms with Crippen molar-refractivity contribution in [2.75, 3.05) is 6.54 Å². The summed E-state index contributed by atoms with van der Waals surface area (Å²) in [5, 5.41) is 17.9. The molecule has 0 saturated heterocycles. The number of hydrogen-bond acceptors (Lipinski definition) is 3. The first-order valence-corrected chi connectivity index (χ1v) is 9.05. The van der Waals surface area contributed by atoms with Gasteiger partial charge in [-0.05, 0) is 30.7 Å². The van der Waals surface area contributed by atoms with Crippen molar-refractivity contribution in [1.82, 2.24) is 15.1 Å². The Bertz CT molecular complexity index is 1110. The number of phenolic OH excluding ortho intramolecular Hbond substituents is 1. The summed E-state index contributed by atoms with van der Waals surface area (Å²) < 4.78 is 14.6. The topological polar surface area (TPSA) is 69.2 Å². The van der Waals surface area contributed by atoms with E-state index in [9.17, 15) is 14.3 Å². The Hall–Kier alpha value is -3.12. The molecule has 0 radical (unpaired) electrons. The van der Waals surface area contributed by atoms with Gasteiger partial charge >= 0.3 is 0 Å². The van der Waals surface area contributed by atoms with Crippen LogP contribution < -0.4 is 0 Å². The number of aromatic amines is 1. The number of carbonyl (C=O) groups is 1. The molecule has 1 atom stereocenters. The number of nitrogens with one attached hydrogen (secondary N) is 1. The van der Waals surface area contributed by atoms with Crippen LogP contribution in [0.3, 0.4) is 0 Å². The fourth-order valence-electron chi connectivity index (χ4n) is 3.61. The van der Waals surface area contributed by atoms with Gasteiger partial charge in [-0.25, -0.2) is 4.39 Å². The number of aryl methyl sites for hydroxylation is 1. The lowest BCUT2D eigenvalue weighted by Crippen LogP contribution is -2.30. The fourth-order valence-corrected chi connectivity index (χ4v) is 3.77. The molecule has 3 aromatic rings. The second kappa shape index (κ2) is 6.80. The van der Waals surface area contributed by atoms with E-state index in [1.54, 1.807) is 37.3 Å². The summed E-state index contributed by atoms with van der Waals surface area (Å²) in [6.07, 6.45) is 1.59. The molecule has 1 aromatic heterocycles. The third kappa shape index (κ3) is 2.68. The first-order valence-electron chi connectivity index (χ1n) is 8.68. The predicted octanol–water partition coefficient (Wildman–Crippen LogP) is 4.61. The van der Waals surface area contributed by atoms with Crippen LogP contribution in [-0.4, -0.2) is 32.7 Å². The Balaban J connectivity index is 1.97. The van der Waals surface area contributed by atoms with Gasteiger partial charge < -0.3 is 10.0 Å². The van der Waals surface area contributed by atoms with Crippen molar-refractivity contribution in [3.8, 4) is 17.0 Å². The Morgan fingerprint density at radius 2 is 2.14 bits per heavy atom. The molecule has 0 spiro atoms. The molecule has 1 aliphatic rings. The average Bonchev–Trinajstić information content (AvgIpc) is 3.19. The highest BCUT2D eigenvalue weighted by Crippen LogP contribution is 2.45. The zero-order valence-corrected chi connectivity index (χ0v) is 15.8. The van der Waals surface area contributed by atoms with Crippen molar-refractivity contribution >= 4 is 17.5 Å². The minimum Gasteiger partial charge on any atom is -0.507 e. The Morgan fingerprint density at radius 3 is 2.86 bits per heavy atom. The number of halogens is 2. The van der Waals surface area contributed by atoms with Gasteiger partial charge in [0.15, 0.2) is 0 Å². The summed E-state index contributed by atoms with van der Waals surface area (Å²) in [5.41, 5.74) is 2.57. The Kier molecular flexibility index (Phi) is 4.43. The third-order valence-electron chi connectivity index (χ3n) is 4.92. The molecule has 0 aliphatic carbocycles. The van der Waals surface area contributed by atoms with E-state index < -0.39 is 11.9 Å². The highest BCUT2D eigenvalue weighted by Gasteiger charge is 2.43. The van der Waals surface area contributed by atoms with Crippen LogP contribution in [0.2, 0.25) is 5.02 Å². The summed E-state index contributed by atoms with van der Waals surface area (Å²) in [7, 11) is 0. The minimum atomic E-state index is -0.699. The maximum absolute atomic E-state index is 14.6. The van der Waals surface area contributed by atoms with Crippen LogP contribution in [0.25, 0.3) is 11.3 Å². The molecular weight excluding hydrogens is 381 g/mol. The monoisotopic (exact) mass is 397 g/mol. The summed E-state index contributed by atoms with van der Waals surface area (Å²) in [5.74, 6) is -0.752. The number of aromatic nitrogens is 2. The second-order valence-corrected chi connectivity index (χ2v) is 7.06. The van der Waals surface area contributed by atoms with E-state index in [0.29, 0.717) is 33.0 Å². The van der Waals surface area contributed by atoms with Crippen molar-refractivity contribution < 1.29 is 14.3 Å². The van der Waals surface area contributed by atoms with E-state index in [-0.39, 0.29) is 23.9 Å². The van der Waals surface area contributed by atoms with Gasteiger partial charge in [0.05, 0.1) is 6.04 Å². The van der Waals surface area contributed by atoms with E-state index in [2.05, 4.69) is 16.8 Å². The number of H-pyrrole nitrogens is 1. The molecular formula is C21H17ClFN3O2. The van der Waals surface area contributed by atoms with Gasteiger partial charge in [0.2, 0.25) is 0 Å². The number of hydrogen-bond donors (Lipinski definition) is 2. The number of nitrogens with zero attached hydrogens (tertiary/aromatic N) is 2. The minimum absolute atomic E-state index is 0.0156. The molecule has 0 fully saturated rings. The van der Waals surface area contributed by atoms with Gasteiger partial charge in [0.25, 0.3) is 5.91 Å². The van der Waals surface area contributed by atoms with E-state index in [4.69, 9.17) is 11.6 Å². The SMILES string of the molecule is C=CCN1C(=O)c2[nH]nc(-c3cc(Cl)c(C)cc3O)c2C1c1ccccc1F. The number of fused-ring (bicyclic) bond motifs is 1. The quantitative estimate of drug-likeness (QED) is 0.631. The van der Waals surface area contributed by atoms with Crippen LogP contribution in [0, 0.1) is 12.7 Å². The van der Waals surface area contributed by atoms with Gasteiger partial charge in [0, 0.05) is 28.3 Å². The van der Waals surface area contributed by atoms with Crippen LogP contribution in [0.5, 0.6) is 5.75 Å². The van der Waals surface area contributed by atoms with E-state index in [0.717, 1.165) is 0 Å². The van der Waals surface area contributed by atoms with Gasteiger partial charge in [0.1, 0.15) is 23.0 Å². The van der Waals surface area contributed by atoms with Crippen molar-refractivity contribution in [3.63, 3.8) is 0 Å². The molecule has 1 unspecified atom stereocenters. The van der Waals surface area contributed by atoms with Crippen molar-refractivity contribution in [2.45, 2.75) is 13.0 Å². The number of benzene rings is 2. The summed E-state index contributed by atoms with van der Waals surface area (Å²) in [6, 6.07) is 8.73. The molecule has 7 heteroatoms. The molecule has 0 bridgehead atoms. The third-order valence-corrected chi connectivity index (χ3v) is 5.33. The van der Waals surface area contributed by atoms with Crippen molar-refractivity contribution in [3.05, 3.63) is 82.3 Å². The number of amides is 1. The predicted molar refractivity (Wildman–Crippen MR) is 105 cm³/mol. The highest BCUT2D eigenvalue weighted by atomic mass is 35.5. The van der Waals surface area contributed by atoms with E-state index in [1.807, 2.05) is 0 Å². The normalized spacial score (nSPS) is 15.8. The van der Waals surface area contributed by atoms with Crippen LogP contribution in [0.1, 0.15) is 33.2 Å². The summed E-state index contributed by atoms with van der Waals surface area (Å²) >= 11 is 6.24. The Labute approximate surface area is 166 Å². The molecule has 0 saturated carbocycles. The molecule has 28 heavy (non-hydrogen) atoms. The first-order chi connectivity index (χ1) is 13.4. The highest BCUT2D eigenvalue weighted by molar-refractivity contribution is 6.31. The molecule has 2 heterocycles. The number of carbonyl (C=O) groups excluding carboxylic acids is 1. The maximum atomic E-state index is 14.6. The van der Waals surface area contributed by atoms with Gasteiger partial charge in [-0.1, -0.05) is 35.9 Å². The largest absolute Gasteiger partial charge is 0.507 e. The van der Waals surface area contributed by atoms with Crippen molar-refractivity contribution in [1.29, 1.82) is 0 Å². The standard InChI is InChI=1S/C21H17ClFN3O2/c1-3-8-26-20(12-6-4-5-7-15(12)23)17-18(24-25-19(17)21(26)28)13-10-14(22)11(2)9-16(13)27/h3-7,9-10,20,27H,1,8H2,2H3,(H,24,25). The molecule has 2 N–H and O–H groups in total. The van der Waals surface area contributed by atoms with E-state index >= 15 is 0 Å². The molecule has 1 aliphatic heterocycles. The van der Waals surface area contributed by atoms with Crippen LogP contribution in [0.15, 0.2) is 49.1 Å². The summed E-state index contributed by atoms with van der Waals surface area (Å²) in [4.78, 5) is 14.4. The van der Waals surface area contributed by atoms with Gasteiger partial charge in [-0.2, -0.15) is 5.10 Å². The van der Waals surface area contributed by atoms with Crippen LogP contribution in [0.4, 0.5) is 4.39 Å². The maximum Gasteiger partial charge on any atom is 0.273 e. The number of aromatic hydroxyl groups is 1. The average molecular weight is 398 g/mol. The molecule has 5 nitrogen and oxygen atoms in total.